The van der Waals surface area contributed by atoms with Crippen molar-refractivity contribution in [1.29, 1.82) is 0 Å². The van der Waals surface area contributed by atoms with Gasteiger partial charge in [-0.2, -0.15) is 0 Å². The second-order valence-electron chi connectivity index (χ2n) is 6.56. The number of ether oxygens (including phenoxy) is 2. The number of methoxy groups -OCH3 is 2. The molecule has 1 saturated heterocycles. The number of anilines is 1. The summed E-state index contributed by atoms with van der Waals surface area (Å²) in [6, 6.07) is 7.31. The van der Waals surface area contributed by atoms with Crippen LogP contribution in [0.1, 0.15) is 30.5 Å². The van der Waals surface area contributed by atoms with E-state index in [1.165, 1.54) is 25.3 Å². The molecule has 0 spiro atoms. The van der Waals surface area contributed by atoms with Crippen LogP contribution in [0.25, 0.3) is 6.08 Å². The van der Waals surface area contributed by atoms with Gasteiger partial charge in [0.1, 0.15) is 0 Å². The summed E-state index contributed by atoms with van der Waals surface area (Å²) in [5.74, 6) is 1.83. The van der Waals surface area contributed by atoms with Gasteiger partial charge in [0, 0.05) is 25.4 Å². The number of rotatable bonds is 7. The number of nitrogens with zero attached hydrogens (tertiary/aromatic N) is 3. The molecule has 1 aliphatic rings. The molecule has 1 amide bonds. The second-order valence-corrected chi connectivity index (χ2v) is 6.56. The number of nitrogens with one attached hydrogen (secondary N) is 1. The second kappa shape index (κ2) is 9.73. The van der Waals surface area contributed by atoms with Gasteiger partial charge >= 0.3 is 0 Å². The van der Waals surface area contributed by atoms with Crippen LogP contribution < -0.4 is 19.7 Å². The molecular weight excluding hydrogens is 356 g/mol. The first-order chi connectivity index (χ1) is 13.7. The van der Waals surface area contributed by atoms with Crippen molar-refractivity contribution in [1.82, 2.24) is 15.3 Å². The van der Waals surface area contributed by atoms with Crippen LogP contribution in [0.15, 0.2) is 36.5 Å². The van der Waals surface area contributed by atoms with Crippen molar-refractivity contribution in [3.63, 3.8) is 0 Å². The van der Waals surface area contributed by atoms with Gasteiger partial charge in [-0.1, -0.05) is 6.07 Å². The highest BCUT2D eigenvalue weighted by Crippen LogP contribution is 2.27. The molecule has 1 aliphatic heterocycles. The van der Waals surface area contributed by atoms with Gasteiger partial charge in [-0.25, -0.2) is 9.97 Å². The number of benzene rings is 1. The van der Waals surface area contributed by atoms with Crippen LogP contribution in [0.2, 0.25) is 0 Å². The lowest BCUT2D eigenvalue weighted by Gasteiger charge is -2.26. The predicted molar refractivity (Wildman–Crippen MR) is 109 cm³/mol. The van der Waals surface area contributed by atoms with E-state index in [1.807, 2.05) is 18.2 Å². The van der Waals surface area contributed by atoms with Crippen LogP contribution in [0.5, 0.6) is 11.5 Å². The molecule has 1 fully saturated rings. The maximum atomic E-state index is 12.1. The number of aromatic nitrogens is 2. The third-order valence-electron chi connectivity index (χ3n) is 4.62. The molecule has 2 heterocycles. The minimum absolute atomic E-state index is 0.187. The number of piperidine rings is 1. The summed E-state index contributed by atoms with van der Waals surface area (Å²) >= 11 is 0. The summed E-state index contributed by atoms with van der Waals surface area (Å²) in [5.41, 5.74) is 1.64. The molecule has 1 aromatic heterocycles. The van der Waals surface area contributed by atoms with Gasteiger partial charge in [0.15, 0.2) is 11.5 Å². The van der Waals surface area contributed by atoms with Crippen LogP contribution in [0.3, 0.4) is 0 Å². The Morgan fingerprint density at radius 3 is 2.68 bits per heavy atom. The lowest BCUT2D eigenvalue weighted by molar-refractivity contribution is -0.116. The highest BCUT2D eigenvalue weighted by atomic mass is 16.5. The third-order valence-corrected chi connectivity index (χ3v) is 4.62. The van der Waals surface area contributed by atoms with Crippen LogP contribution >= 0.6 is 0 Å². The van der Waals surface area contributed by atoms with Gasteiger partial charge in [0.2, 0.25) is 11.9 Å². The Kier molecular flexibility index (Phi) is 6.84. The molecule has 7 heteroatoms. The summed E-state index contributed by atoms with van der Waals surface area (Å²) in [6.07, 6.45) is 8.58. The zero-order chi connectivity index (χ0) is 19.8. The average molecular weight is 382 g/mol. The molecule has 0 bridgehead atoms. The predicted octanol–water partition coefficient (Wildman–Crippen LogP) is 2.81. The quantitative estimate of drug-likeness (QED) is 0.742. The smallest absolute Gasteiger partial charge is 0.244 e. The fourth-order valence-electron chi connectivity index (χ4n) is 3.09. The molecule has 28 heavy (non-hydrogen) atoms. The maximum Gasteiger partial charge on any atom is 0.244 e. The average Bonchev–Trinajstić information content (AvgIpc) is 2.76. The van der Waals surface area contributed by atoms with E-state index in [1.54, 1.807) is 32.6 Å². The number of hydrogen-bond acceptors (Lipinski definition) is 6. The summed E-state index contributed by atoms with van der Waals surface area (Å²) < 4.78 is 10.5. The molecule has 0 radical (unpaired) electrons. The van der Waals surface area contributed by atoms with Gasteiger partial charge in [-0.05, 0) is 49.1 Å². The standard InChI is InChI=1S/C21H26N4O3/c1-27-18-8-6-16(14-19(18)28-2)7-9-20(26)23-15-17-10-11-22-21(24-17)25-12-4-3-5-13-25/h6-11,14H,3-5,12-13,15H2,1-2H3,(H,23,26)/b9-7+. The van der Waals surface area contributed by atoms with E-state index in [2.05, 4.69) is 20.2 Å². The molecule has 148 valence electrons. The summed E-state index contributed by atoms with van der Waals surface area (Å²) in [7, 11) is 3.17. The molecule has 0 saturated carbocycles. The minimum Gasteiger partial charge on any atom is -0.493 e. The van der Waals surface area contributed by atoms with Crippen molar-refractivity contribution in [3.05, 3.63) is 47.8 Å². The van der Waals surface area contributed by atoms with E-state index in [4.69, 9.17) is 9.47 Å². The lowest BCUT2D eigenvalue weighted by atomic mass is 10.1. The Bertz CT molecular complexity index is 832. The number of carbonyl (C=O) groups excluding carboxylic acids is 1. The Morgan fingerprint density at radius 2 is 1.93 bits per heavy atom. The number of hydrogen-bond donors (Lipinski definition) is 1. The Morgan fingerprint density at radius 1 is 1.14 bits per heavy atom. The number of amides is 1. The normalized spacial score (nSPS) is 14.1. The highest BCUT2D eigenvalue weighted by molar-refractivity contribution is 5.91. The van der Waals surface area contributed by atoms with Crippen molar-refractivity contribution in [3.8, 4) is 11.5 Å². The molecular formula is C21H26N4O3. The topological polar surface area (TPSA) is 76.6 Å². The molecule has 3 rings (SSSR count). The van der Waals surface area contributed by atoms with Gasteiger partial charge in [0.05, 0.1) is 26.5 Å². The summed E-state index contributed by atoms with van der Waals surface area (Å²) in [5, 5.41) is 2.86. The minimum atomic E-state index is -0.187. The fourth-order valence-corrected chi connectivity index (χ4v) is 3.09. The zero-order valence-corrected chi connectivity index (χ0v) is 16.4. The van der Waals surface area contributed by atoms with E-state index >= 15 is 0 Å². The monoisotopic (exact) mass is 382 g/mol. The van der Waals surface area contributed by atoms with Crippen molar-refractivity contribution < 1.29 is 14.3 Å². The Labute approximate surface area is 165 Å². The molecule has 0 unspecified atom stereocenters. The molecule has 0 atom stereocenters. The van der Waals surface area contributed by atoms with Crippen molar-refractivity contribution in [2.45, 2.75) is 25.8 Å². The Balaban J connectivity index is 1.56. The van der Waals surface area contributed by atoms with Gasteiger partial charge in [0.25, 0.3) is 0 Å². The maximum absolute atomic E-state index is 12.1. The van der Waals surface area contributed by atoms with E-state index in [0.29, 0.717) is 18.0 Å². The van der Waals surface area contributed by atoms with Crippen LogP contribution in [0, 0.1) is 0 Å². The largest absolute Gasteiger partial charge is 0.493 e. The molecule has 1 N–H and O–H groups in total. The van der Waals surface area contributed by atoms with Crippen LogP contribution in [0.4, 0.5) is 5.95 Å². The zero-order valence-electron chi connectivity index (χ0n) is 16.4. The number of carbonyl (C=O) groups is 1. The first-order valence-corrected chi connectivity index (χ1v) is 9.44. The summed E-state index contributed by atoms with van der Waals surface area (Å²) in [6.45, 7) is 2.34. The van der Waals surface area contributed by atoms with Gasteiger partial charge in [-0.3, -0.25) is 4.79 Å². The van der Waals surface area contributed by atoms with Crippen LogP contribution in [-0.2, 0) is 11.3 Å². The third kappa shape index (κ3) is 5.22. The van der Waals surface area contributed by atoms with E-state index in [-0.39, 0.29) is 5.91 Å². The SMILES string of the molecule is COc1ccc(/C=C/C(=O)NCc2ccnc(N3CCCCC3)n2)cc1OC. The summed E-state index contributed by atoms with van der Waals surface area (Å²) in [4.78, 5) is 23.3. The fraction of sp³-hybridized carbons (Fsp3) is 0.381. The van der Waals surface area contributed by atoms with Crippen molar-refractivity contribution in [2.24, 2.45) is 0 Å². The molecule has 7 nitrogen and oxygen atoms in total. The van der Waals surface area contributed by atoms with E-state index in [9.17, 15) is 4.79 Å². The Hall–Kier alpha value is -3.09. The molecule has 2 aromatic rings. The van der Waals surface area contributed by atoms with Gasteiger partial charge in [-0.15, -0.1) is 0 Å². The van der Waals surface area contributed by atoms with E-state index in [0.717, 1.165) is 30.3 Å². The van der Waals surface area contributed by atoms with Crippen molar-refractivity contribution >= 4 is 17.9 Å². The van der Waals surface area contributed by atoms with E-state index < -0.39 is 0 Å². The highest BCUT2D eigenvalue weighted by Gasteiger charge is 2.13. The van der Waals surface area contributed by atoms with Crippen molar-refractivity contribution in [2.75, 3.05) is 32.2 Å². The molecule has 0 aliphatic carbocycles. The lowest BCUT2D eigenvalue weighted by Crippen LogP contribution is -2.31. The van der Waals surface area contributed by atoms with Crippen LogP contribution in [-0.4, -0.2) is 43.2 Å². The van der Waals surface area contributed by atoms with Gasteiger partial charge < -0.3 is 19.7 Å². The molecule has 1 aromatic carbocycles. The first kappa shape index (κ1) is 19.7. The first-order valence-electron chi connectivity index (χ1n) is 9.44.